The molecule has 0 amide bonds. The number of ether oxygens (including phenoxy) is 3. The van der Waals surface area contributed by atoms with Crippen LogP contribution in [0.1, 0.15) is 43.9 Å². The number of allylic oxidation sites excluding steroid dienone is 1. The summed E-state index contributed by atoms with van der Waals surface area (Å²) in [5, 5.41) is 0. The minimum atomic E-state index is -0.768. The van der Waals surface area contributed by atoms with Gasteiger partial charge in [-0.3, -0.25) is 9.36 Å². The van der Waals surface area contributed by atoms with E-state index in [0.717, 1.165) is 20.9 Å². The molecule has 1 aliphatic rings. The van der Waals surface area contributed by atoms with Crippen LogP contribution in [0.25, 0.3) is 6.08 Å². The zero-order chi connectivity index (χ0) is 26.7. The zero-order valence-electron chi connectivity index (χ0n) is 20.8. The van der Waals surface area contributed by atoms with Gasteiger partial charge in [0.25, 0.3) is 5.56 Å². The fraction of sp³-hybridized carbons (Fsp3) is 0.296. The average Bonchev–Trinajstić information content (AvgIpc) is 3.18. The number of benzene rings is 2. The Morgan fingerprint density at radius 3 is 2.41 bits per heavy atom. The molecule has 2 heterocycles. The van der Waals surface area contributed by atoms with Crippen LogP contribution in [0.4, 0.5) is 0 Å². The van der Waals surface area contributed by atoms with Crippen molar-refractivity contribution < 1.29 is 19.0 Å². The summed E-state index contributed by atoms with van der Waals surface area (Å²) in [5.74, 6) is 0.693. The number of halogens is 2. The second kappa shape index (κ2) is 11.8. The van der Waals surface area contributed by atoms with Gasteiger partial charge in [-0.1, -0.05) is 56.5 Å². The predicted molar refractivity (Wildman–Crippen MR) is 151 cm³/mol. The van der Waals surface area contributed by atoms with Gasteiger partial charge in [-0.05, 0) is 55.8 Å². The first-order chi connectivity index (χ1) is 17.8. The summed E-state index contributed by atoms with van der Waals surface area (Å²) in [5.41, 5.74) is 2.10. The monoisotopic (exact) mass is 648 g/mol. The van der Waals surface area contributed by atoms with Crippen molar-refractivity contribution in [2.75, 3.05) is 20.8 Å². The van der Waals surface area contributed by atoms with Crippen LogP contribution in [0.3, 0.4) is 0 Å². The van der Waals surface area contributed by atoms with Crippen molar-refractivity contribution in [2.24, 2.45) is 4.99 Å². The highest BCUT2D eigenvalue weighted by Crippen LogP contribution is 2.38. The summed E-state index contributed by atoms with van der Waals surface area (Å²) >= 11 is 8.30. The molecule has 0 bridgehead atoms. The first-order valence-electron chi connectivity index (χ1n) is 11.7. The Labute approximate surface area is 235 Å². The van der Waals surface area contributed by atoms with Crippen molar-refractivity contribution in [2.45, 2.75) is 32.7 Å². The molecule has 0 saturated heterocycles. The van der Waals surface area contributed by atoms with Gasteiger partial charge in [0.15, 0.2) is 4.80 Å². The fourth-order valence-corrected chi connectivity index (χ4v) is 6.06. The Hall–Kier alpha value is -2.69. The van der Waals surface area contributed by atoms with Crippen molar-refractivity contribution in [1.82, 2.24) is 4.57 Å². The van der Waals surface area contributed by atoms with Gasteiger partial charge in [0.2, 0.25) is 0 Å². The van der Waals surface area contributed by atoms with Crippen LogP contribution in [-0.4, -0.2) is 31.4 Å². The van der Waals surface area contributed by atoms with E-state index >= 15 is 0 Å². The van der Waals surface area contributed by atoms with Crippen molar-refractivity contribution >= 4 is 55.2 Å². The molecule has 0 N–H and O–H groups in total. The highest BCUT2D eigenvalue weighted by atomic mass is 79.9. The van der Waals surface area contributed by atoms with E-state index in [1.807, 2.05) is 43.3 Å². The molecule has 7 nitrogen and oxygen atoms in total. The van der Waals surface area contributed by atoms with Gasteiger partial charge in [-0.25, -0.2) is 9.79 Å². The summed E-state index contributed by atoms with van der Waals surface area (Å²) in [7, 11) is 3.15. The van der Waals surface area contributed by atoms with Crippen LogP contribution in [0.2, 0.25) is 0 Å². The number of hydrogen-bond acceptors (Lipinski definition) is 7. The maximum atomic E-state index is 14.0. The number of fused-ring (bicyclic) bond motifs is 1. The summed E-state index contributed by atoms with van der Waals surface area (Å²) in [6.07, 6.45) is 3.12. The van der Waals surface area contributed by atoms with Gasteiger partial charge in [-0.2, -0.15) is 0 Å². The van der Waals surface area contributed by atoms with Crippen LogP contribution in [0, 0.1) is 0 Å². The van der Waals surface area contributed by atoms with Crippen molar-refractivity contribution in [3.8, 4) is 11.5 Å². The Balaban J connectivity index is 2.07. The van der Waals surface area contributed by atoms with E-state index in [2.05, 4.69) is 31.9 Å². The average molecular weight is 650 g/mol. The Morgan fingerprint density at radius 1 is 1.08 bits per heavy atom. The van der Waals surface area contributed by atoms with E-state index in [1.165, 1.54) is 11.3 Å². The van der Waals surface area contributed by atoms with E-state index in [4.69, 9.17) is 19.2 Å². The zero-order valence-corrected chi connectivity index (χ0v) is 24.8. The van der Waals surface area contributed by atoms with E-state index in [-0.39, 0.29) is 12.2 Å². The largest absolute Gasteiger partial charge is 0.496 e. The molecule has 0 fully saturated rings. The maximum absolute atomic E-state index is 14.0. The Kier molecular flexibility index (Phi) is 8.71. The number of carbonyl (C=O) groups excluding carboxylic acids is 1. The highest BCUT2D eigenvalue weighted by molar-refractivity contribution is 9.10. The number of thiazole rings is 1. The predicted octanol–water partition coefficient (Wildman–Crippen LogP) is 5.12. The lowest BCUT2D eigenvalue weighted by Crippen LogP contribution is -2.40. The maximum Gasteiger partial charge on any atom is 0.338 e. The summed E-state index contributed by atoms with van der Waals surface area (Å²) in [4.78, 5) is 32.6. The topological polar surface area (TPSA) is 79.1 Å². The normalized spacial score (nSPS) is 15.3. The molecule has 1 atom stereocenters. The third-order valence-electron chi connectivity index (χ3n) is 5.86. The van der Waals surface area contributed by atoms with Crippen molar-refractivity contribution in [3.63, 3.8) is 0 Å². The summed E-state index contributed by atoms with van der Waals surface area (Å²) < 4.78 is 20.3. The van der Waals surface area contributed by atoms with E-state index in [9.17, 15) is 9.59 Å². The van der Waals surface area contributed by atoms with Gasteiger partial charge in [0, 0.05) is 20.1 Å². The van der Waals surface area contributed by atoms with Gasteiger partial charge in [0.05, 0.1) is 36.6 Å². The SMILES string of the molecule is CCCC1=C(C(=O)OCC)[C@@H](c2cc(Br)ccc2OC)n2c(s/c(=C/c3cc(Br)ccc3OC)c2=O)=N1. The Bertz CT molecular complexity index is 1560. The number of nitrogens with zero attached hydrogens (tertiary/aromatic N) is 2. The molecular weight excluding hydrogens is 624 g/mol. The molecule has 10 heteroatoms. The molecule has 1 aromatic heterocycles. The summed E-state index contributed by atoms with van der Waals surface area (Å²) in [6.45, 7) is 3.99. The lowest BCUT2D eigenvalue weighted by molar-refractivity contribution is -0.139. The first kappa shape index (κ1) is 27.3. The van der Waals surface area contributed by atoms with Gasteiger partial charge in [0.1, 0.15) is 17.5 Å². The van der Waals surface area contributed by atoms with E-state index in [1.54, 1.807) is 31.8 Å². The minimum Gasteiger partial charge on any atom is -0.496 e. The lowest BCUT2D eigenvalue weighted by Gasteiger charge is -2.27. The van der Waals surface area contributed by atoms with Crippen LogP contribution >= 0.6 is 43.2 Å². The molecule has 3 aromatic rings. The number of rotatable bonds is 8. The fourth-order valence-electron chi connectivity index (χ4n) is 4.29. The molecule has 37 heavy (non-hydrogen) atoms. The third kappa shape index (κ3) is 5.46. The molecule has 0 unspecified atom stereocenters. The highest BCUT2D eigenvalue weighted by Gasteiger charge is 2.36. The van der Waals surface area contributed by atoms with Crippen molar-refractivity contribution in [3.05, 3.63) is 87.4 Å². The lowest BCUT2D eigenvalue weighted by atomic mass is 9.93. The van der Waals surface area contributed by atoms with Gasteiger partial charge >= 0.3 is 5.97 Å². The second-order valence-electron chi connectivity index (χ2n) is 8.19. The van der Waals surface area contributed by atoms with Crippen LogP contribution in [0.15, 0.2) is 66.4 Å². The van der Waals surface area contributed by atoms with Crippen LogP contribution < -0.4 is 24.4 Å². The second-order valence-corrected chi connectivity index (χ2v) is 11.0. The van der Waals surface area contributed by atoms with E-state index < -0.39 is 12.0 Å². The molecule has 2 aromatic carbocycles. The smallest absolute Gasteiger partial charge is 0.338 e. The molecule has 194 valence electrons. The molecule has 4 rings (SSSR count). The standard InChI is InChI=1S/C27H26Br2N2O5S/c1-5-7-19-23(26(33)36-6-2)24(18-14-17(29)9-11-21(18)35-4)31-25(32)22(37-27(31)30-19)13-15-12-16(28)8-10-20(15)34-3/h8-14,24H,5-7H2,1-4H3/b22-13+/t24-/m1/s1. The van der Waals surface area contributed by atoms with E-state index in [0.29, 0.717) is 44.1 Å². The van der Waals surface area contributed by atoms with Crippen LogP contribution in [0.5, 0.6) is 11.5 Å². The Morgan fingerprint density at radius 2 is 1.76 bits per heavy atom. The minimum absolute atomic E-state index is 0.206. The molecular formula is C27H26Br2N2O5S. The number of esters is 1. The van der Waals surface area contributed by atoms with Gasteiger partial charge < -0.3 is 14.2 Å². The molecule has 0 radical (unpaired) electrons. The van der Waals surface area contributed by atoms with Crippen LogP contribution in [-0.2, 0) is 9.53 Å². The molecule has 1 aliphatic heterocycles. The molecule has 0 aliphatic carbocycles. The third-order valence-corrected chi connectivity index (χ3v) is 7.83. The van der Waals surface area contributed by atoms with Crippen molar-refractivity contribution in [1.29, 1.82) is 0 Å². The number of carbonyl (C=O) groups is 1. The quantitative estimate of drug-likeness (QED) is 0.317. The molecule has 0 saturated carbocycles. The number of aromatic nitrogens is 1. The molecule has 0 spiro atoms. The number of hydrogen-bond donors (Lipinski definition) is 0. The summed E-state index contributed by atoms with van der Waals surface area (Å²) in [6, 6.07) is 10.4. The van der Waals surface area contributed by atoms with Gasteiger partial charge in [-0.15, -0.1) is 0 Å². The number of methoxy groups -OCH3 is 2. The first-order valence-corrected chi connectivity index (χ1v) is 14.1.